The third-order valence-corrected chi connectivity index (χ3v) is 2.38. The van der Waals surface area contributed by atoms with Gasteiger partial charge in [-0.3, -0.25) is 0 Å². The minimum atomic E-state index is -4.41. The van der Waals surface area contributed by atoms with Crippen LogP contribution in [0.2, 0.25) is 0 Å². The zero-order valence-corrected chi connectivity index (χ0v) is 10.2. The van der Waals surface area contributed by atoms with E-state index in [1.807, 2.05) is 13.8 Å². The molecule has 0 spiro atoms. The lowest BCUT2D eigenvalue weighted by atomic mass is 9.99. The van der Waals surface area contributed by atoms with Gasteiger partial charge in [0.05, 0.1) is 5.56 Å². The van der Waals surface area contributed by atoms with Crippen molar-refractivity contribution in [1.29, 1.82) is 0 Å². The van der Waals surface area contributed by atoms with Gasteiger partial charge in [0, 0.05) is 5.56 Å². The molecule has 0 unspecified atom stereocenters. The Kier molecular flexibility index (Phi) is 4.38. The van der Waals surface area contributed by atoms with Crippen molar-refractivity contribution in [3.05, 3.63) is 47.5 Å². The zero-order chi connectivity index (χ0) is 13.8. The smallest absolute Gasteiger partial charge is 0.166 e. The van der Waals surface area contributed by atoms with Gasteiger partial charge in [-0.1, -0.05) is 50.1 Å². The van der Waals surface area contributed by atoms with E-state index in [1.54, 1.807) is 24.3 Å². The van der Waals surface area contributed by atoms with E-state index < -0.39 is 11.7 Å². The van der Waals surface area contributed by atoms with E-state index in [0.29, 0.717) is 10.8 Å². The second-order valence-electron chi connectivity index (χ2n) is 3.35. The lowest BCUT2D eigenvalue weighted by molar-refractivity contribution is -0.137. The largest absolute Gasteiger partial charge is 0.417 e. The van der Waals surface area contributed by atoms with Crippen LogP contribution in [0.4, 0.5) is 13.2 Å². The monoisotopic (exact) mass is 250 g/mol. The highest BCUT2D eigenvalue weighted by molar-refractivity contribution is 5.89. The quantitative estimate of drug-likeness (QED) is 0.585. The van der Waals surface area contributed by atoms with Gasteiger partial charge in [-0.25, -0.2) is 0 Å². The van der Waals surface area contributed by atoms with E-state index in [2.05, 4.69) is 5.92 Å². The summed E-state index contributed by atoms with van der Waals surface area (Å²) in [5.74, 6) is 2.13. The van der Waals surface area contributed by atoms with Crippen molar-refractivity contribution in [2.45, 2.75) is 20.0 Å². The van der Waals surface area contributed by atoms with E-state index in [9.17, 15) is 13.2 Å². The lowest BCUT2D eigenvalue weighted by Gasteiger charge is -2.11. The van der Waals surface area contributed by atoms with E-state index >= 15 is 0 Å². The number of alkyl halides is 3. The maximum atomic E-state index is 12.7. The Morgan fingerprint density at radius 3 is 2.17 bits per heavy atom. The molecule has 0 aromatic heterocycles. The van der Waals surface area contributed by atoms with Crippen LogP contribution in [0, 0.1) is 12.3 Å². The van der Waals surface area contributed by atoms with Gasteiger partial charge in [-0.2, -0.15) is 13.2 Å². The van der Waals surface area contributed by atoms with Gasteiger partial charge < -0.3 is 0 Å². The van der Waals surface area contributed by atoms with Crippen LogP contribution in [-0.4, -0.2) is 0 Å². The minimum Gasteiger partial charge on any atom is -0.166 e. The van der Waals surface area contributed by atoms with E-state index in [0.717, 1.165) is 6.07 Å². The Hall–Kier alpha value is -1.95. The van der Waals surface area contributed by atoms with Crippen molar-refractivity contribution in [2.24, 2.45) is 0 Å². The first-order chi connectivity index (χ1) is 8.54. The molecule has 0 fully saturated rings. The number of terminal acetylenes is 1. The molecule has 0 atom stereocenters. The van der Waals surface area contributed by atoms with Gasteiger partial charge in [0.1, 0.15) is 0 Å². The molecular weight excluding hydrogens is 237 g/mol. The lowest BCUT2D eigenvalue weighted by Crippen LogP contribution is -2.07. The van der Waals surface area contributed by atoms with Crippen LogP contribution < -0.4 is 0 Å². The number of benzene rings is 2. The van der Waals surface area contributed by atoms with Crippen LogP contribution in [0.15, 0.2) is 36.4 Å². The molecule has 0 aliphatic rings. The van der Waals surface area contributed by atoms with Gasteiger partial charge in [0.25, 0.3) is 0 Å². The Labute approximate surface area is 104 Å². The van der Waals surface area contributed by atoms with E-state index in [-0.39, 0.29) is 5.56 Å². The molecule has 18 heavy (non-hydrogen) atoms. The molecule has 0 aliphatic carbocycles. The zero-order valence-electron chi connectivity index (χ0n) is 10.2. The summed E-state index contributed by atoms with van der Waals surface area (Å²) in [6.07, 6.45) is 0.752. The summed E-state index contributed by atoms with van der Waals surface area (Å²) >= 11 is 0. The average Bonchev–Trinajstić information content (AvgIpc) is 2.38. The molecule has 0 heterocycles. The molecule has 3 heteroatoms. The summed E-state index contributed by atoms with van der Waals surface area (Å²) in [7, 11) is 0. The van der Waals surface area contributed by atoms with Crippen molar-refractivity contribution in [3.8, 4) is 12.3 Å². The van der Waals surface area contributed by atoms with Crippen molar-refractivity contribution in [3.63, 3.8) is 0 Å². The minimum absolute atomic E-state index is 0.0920. The van der Waals surface area contributed by atoms with Gasteiger partial charge in [0.15, 0.2) is 0 Å². The Morgan fingerprint density at radius 1 is 1.00 bits per heavy atom. The molecule has 0 saturated heterocycles. The third kappa shape index (κ3) is 2.65. The van der Waals surface area contributed by atoms with Crippen molar-refractivity contribution in [1.82, 2.24) is 0 Å². The van der Waals surface area contributed by atoms with Crippen molar-refractivity contribution in [2.75, 3.05) is 0 Å². The molecular formula is C15H13F3. The highest BCUT2D eigenvalue weighted by Crippen LogP contribution is 2.34. The van der Waals surface area contributed by atoms with Gasteiger partial charge in [-0.05, 0) is 16.8 Å². The molecule has 2 rings (SSSR count). The van der Waals surface area contributed by atoms with Crippen LogP contribution in [0.25, 0.3) is 10.8 Å². The van der Waals surface area contributed by atoms with Gasteiger partial charge >= 0.3 is 6.18 Å². The second-order valence-corrected chi connectivity index (χ2v) is 3.35. The van der Waals surface area contributed by atoms with Crippen molar-refractivity contribution >= 4 is 10.8 Å². The standard InChI is InChI=1S/C13H7F3.C2H6/c1-2-10-11-6-4-3-5-9(11)7-8-12(10)13(14,15)16;1-2/h1,3-8H;1-2H3. The van der Waals surface area contributed by atoms with Crippen molar-refractivity contribution < 1.29 is 13.2 Å². The normalized spacial score (nSPS) is 10.4. The van der Waals surface area contributed by atoms with Crippen LogP contribution in [0.3, 0.4) is 0 Å². The van der Waals surface area contributed by atoms with Crippen LogP contribution in [-0.2, 0) is 6.18 Å². The molecule has 2 aromatic carbocycles. The summed E-state index contributed by atoms with van der Waals surface area (Å²) in [5.41, 5.74) is -0.848. The summed E-state index contributed by atoms with van der Waals surface area (Å²) < 4.78 is 38.0. The molecule has 0 saturated carbocycles. The van der Waals surface area contributed by atoms with Crippen LogP contribution >= 0.6 is 0 Å². The Morgan fingerprint density at radius 2 is 1.61 bits per heavy atom. The predicted octanol–water partition coefficient (Wildman–Crippen LogP) is 4.87. The summed E-state index contributed by atoms with van der Waals surface area (Å²) in [5, 5.41) is 1.17. The molecule has 0 bridgehead atoms. The fourth-order valence-corrected chi connectivity index (χ4v) is 1.66. The van der Waals surface area contributed by atoms with E-state index in [4.69, 9.17) is 6.42 Å². The third-order valence-electron chi connectivity index (χ3n) is 2.38. The number of fused-ring (bicyclic) bond motifs is 1. The fraction of sp³-hybridized carbons (Fsp3) is 0.200. The first kappa shape index (κ1) is 14.1. The predicted molar refractivity (Wildman–Crippen MR) is 68.2 cm³/mol. The van der Waals surface area contributed by atoms with Gasteiger partial charge in [0.2, 0.25) is 0 Å². The molecule has 0 nitrogen and oxygen atoms in total. The average molecular weight is 250 g/mol. The summed E-state index contributed by atoms with van der Waals surface area (Å²) in [4.78, 5) is 0. The first-order valence-electron chi connectivity index (χ1n) is 5.59. The number of rotatable bonds is 0. The topological polar surface area (TPSA) is 0 Å². The second kappa shape index (κ2) is 5.59. The van der Waals surface area contributed by atoms with Crippen LogP contribution in [0.1, 0.15) is 25.0 Å². The summed E-state index contributed by atoms with van der Waals surface area (Å²) in [6, 6.07) is 9.21. The fourth-order valence-electron chi connectivity index (χ4n) is 1.66. The Balaban J connectivity index is 0.000000771. The molecule has 0 amide bonds. The number of halogens is 3. The highest BCUT2D eigenvalue weighted by atomic mass is 19.4. The molecule has 0 N–H and O–H groups in total. The SMILES string of the molecule is C#Cc1c(C(F)(F)F)ccc2ccccc12.CC. The number of hydrogen-bond donors (Lipinski definition) is 0. The molecule has 94 valence electrons. The molecule has 2 aromatic rings. The maximum absolute atomic E-state index is 12.7. The van der Waals surface area contributed by atoms with E-state index in [1.165, 1.54) is 6.07 Å². The Bertz CT molecular complexity index is 574. The highest BCUT2D eigenvalue weighted by Gasteiger charge is 2.33. The molecule has 0 radical (unpaired) electrons. The van der Waals surface area contributed by atoms with Gasteiger partial charge in [-0.15, -0.1) is 6.42 Å². The first-order valence-corrected chi connectivity index (χ1v) is 5.59. The number of hydrogen-bond acceptors (Lipinski definition) is 0. The molecule has 0 aliphatic heterocycles. The summed E-state index contributed by atoms with van der Waals surface area (Å²) in [6.45, 7) is 4.00. The maximum Gasteiger partial charge on any atom is 0.417 e. The van der Waals surface area contributed by atoms with Crippen LogP contribution in [0.5, 0.6) is 0 Å².